The normalized spacial score (nSPS) is 17.9. The van der Waals surface area contributed by atoms with Crippen molar-refractivity contribution in [1.82, 2.24) is 14.7 Å². The van der Waals surface area contributed by atoms with E-state index in [1.54, 1.807) is 24.3 Å². The molecular weight excluding hydrogens is 574 g/mol. The van der Waals surface area contributed by atoms with Gasteiger partial charge in [0.15, 0.2) is 5.17 Å². The highest BCUT2D eigenvalue weighted by Gasteiger charge is 2.38. The van der Waals surface area contributed by atoms with Crippen LogP contribution in [-0.2, 0) is 33.2 Å². The maximum atomic E-state index is 13.6. The van der Waals surface area contributed by atoms with E-state index in [0.717, 1.165) is 6.07 Å². The molecule has 1 aromatic heterocycles. The Morgan fingerprint density at radius 2 is 1.80 bits per heavy atom. The first-order chi connectivity index (χ1) is 19.3. The SMILES string of the molecule is COC(=O)C1CCN(C2=NC(=O)/C(=C/c3ccc4c(cnn4Cc4ccc(C(F)(F)F)cc4C(F)(F)F)c3)S2)CC1. The summed E-state index contributed by atoms with van der Waals surface area (Å²) in [6.07, 6.45) is -5.62. The average molecular weight is 597 g/mol. The van der Waals surface area contributed by atoms with E-state index in [0.29, 0.717) is 58.5 Å². The van der Waals surface area contributed by atoms with Gasteiger partial charge < -0.3 is 9.64 Å². The summed E-state index contributed by atoms with van der Waals surface area (Å²) in [7, 11) is 1.35. The molecule has 1 fully saturated rings. The fourth-order valence-electron chi connectivity index (χ4n) is 4.80. The summed E-state index contributed by atoms with van der Waals surface area (Å²) >= 11 is 1.22. The van der Waals surface area contributed by atoms with E-state index in [1.807, 2.05) is 4.90 Å². The fraction of sp³-hybridized carbons (Fsp3) is 0.333. The lowest BCUT2D eigenvalue weighted by atomic mass is 9.97. The lowest BCUT2D eigenvalue weighted by molar-refractivity contribution is -0.147. The molecule has 2 aliphatic heterocycles. The number of methoxy groups -OCH3 is 1. The van der Waals surface area contributed by atoms with Gasteiger partial charge in [0.05, 0.1) is 47.3 Å². The quantitative estimate of drug-likeness (QED) is 0.210. The molecule has 1 saturated heterocycles. The Hall–Kier alpha value is -3.81. The molecule has 3 aromatic rings. The van der Waals surface area contributed by atoms with Crippen molar-refractivity contribution in [3.8, 4) is 0 Å². The van der Waals surface area contributed by atoms with Crippen LogP contribution in [-0.4, -0.2) is 51.9 Å². The van der Waals surface area contributed by atoms with Crippen LogP contribution in [0.15, 0.2) is 52.5 Å². The van der Waals surface area contributed by atoms with Crippen LogP contribution in [0.4, 0.5) is 26.3 Å². The molecule has 0 radical (unpaired) electrons. The van der Waals surface area contributed by atoms with Crippen molar-refractivity contribution in [3.63, 3.8) is 0 Å². The first-order valence-corrected chi connectivity index (χ1v) is 13.2. The van der Waals surface area contributed by atoms with Gasteiger partial charge in [0.2, 0.25) is 0 Å². The number of hydrogen-bond acceptors (Lipinski definition) is 6. The number of aromatic nitrogens is 2. The van der Waals surface area contributed by atoms with Crippen molar-refractivity contribution in [1.29, 1.82) is 0 Å². The van der Waals surface area contributed by atoms with Crippen LogP contribution in [0.3, 0.4) is 0 Å². The van der Waals surface area contributed by atoms with Gasteiger partial charge in [-0.3, -0.25) is 14.3 Å². The van der Waals surface area contributed by atoms with E-state index in [4.69, 9.17) is 4.74 Å². The number of alkyl halides is 6. The summed E-state index contributed by atoms with van der Waals surface area (Å²) in [6, 6.07) is 6.54. The molecule has 1 amide bonds. The summed E-state index contributed by atoms with van der Waals surface area (Å²) < 4.78 is 85.9. The van der Waals surface area contributed by atoms with Crippen molar-refractivity contribution in [2.24, 2.45) is 10.9 Å². The average Bonchev–Trinajstić information content (AvgIpc) is 3.49. The minimum Gasteiger partial charge on any atom is -0.469 e. The van der Waals surface area contributed by atoms with Gasteiger partial charge in [0, 0.05) is 18.5 Å². The Morgan fingerprint density at radius 3 is 2.46 bits per heavy atom. The number of thioether (sulfide) groups is 1. The summed E-state index contributed by atoms with van der Waals surface area (Å²) in [5, 5.41) is 5.26. The zero-order valence-corrected chi connectivity index (χ0v) is 22.2. The number of likely N-dealkylation sites (tertiary alicyclic amines) is 1. The molecule has 14 heteroatoms. The molecule has 0 unspecified atom stereocenters. The van der Waals surface area contributed by atoms with E-state index >= 15 is 0 Å². The number of carbonyl (C=O) groups is 2. The van der Waals surface area contributed by atoms with Gasteiger partial charge in [-0.1, -0.05) is 12.1 Å². The first-order valence-electron chi connectivity index (χ1n) is 12.4. The van der Waals surface area contributed by atoms with Crippen LogP contribution < -0.4 is 0 Å². The fourth-order valence-corrected chi connectivity index (χ4v) is 5.76. The lowest BCUT2D eigenvalue weighted by Crippen LogP contribution is -2.38. The van der Waals surface area contributed by atoms with Gasteiger partial charge in [0.1, 0.15) is 0 Å². The second kappa shape index (κ2) is 10.9. The van der Waals surface area contributed by atoms with Gasteiger partial charge in [-0.15, -0.1) is 0 Å². The number of carbonyl (C=O) groups excluding carboxylic acids is 2. The lowest BCUT2D eigenvalue weighted by Gasteiger charge is -2.31. The molecule has 0 atom stereocenters. The third kappa shape index (κ3) is 6.11. The predicted octanol–water partition coefficient (Wildman–Crippen LogP) is 5.98. The number of piperidine rings is 1. The maximum absolute atomic E-state index is 13.6. The number of hydrogen-bond donors (Lipinski definition) is 0. The molecule has 216 valence electrons. The third-order valence-corrected chi connectivity index (χ3v) is 7.98. The first kappa shape index (κ1) is 28.7. The highest BCUT2D eigenvalue weighted by atomic mass is 32.2. The van der Waals surface area contributed by atoms with Gasteiger partial charge >= 0.3 is 18.3 Å². The molecule has 3 heterocycles. The van der Waals surface area contributed by atoms with Crippen LogP contribution in [0.25, 0.3) is 17.0 Å². The third-order valence-electron chi connectivity index (χ3n) is 6.94. The number of rotatable bonds is 4. The Balaban J connectivity index is 1.32. The number of benzene rings is 2. The van der Waals surface area contributed by atoms with E-state index in [9.17, 15) is 35.9 Å². The Kier molecular flexibility index (Phi) is 7.62. The standard InChI is InChI=1S/C27H22F6N4O3S/c1-40-24(39)16-6-8-36(9-7-16)25-35-23(38)22(41-25)11-15-2-5-21-18(10-15)13-34-37(21)14-17-3-4-19(26(28,29)30)12-20(17)27(31,32)33/h2-5,10-13,16H,6-9,14H2,1H3/b22-11-. The van der Waals surface area contributed by atoms with Gasteiger partial charge in [0.25, 0.3) is 5.91 Å². The summed E-state index contributed by atoms with van der Waals surface area (Å²) in [5.41, 5.74) is -2.00. The highest BCUT2D eigenvalue weighted by Crippen LogP contribution is 2.38. The van der Waals surface area contributed by atoms with E-state index in [-0.39, 0.29) is 23.5 Å². The van der Waals surface area contributed by atoms with Crippen molar-refractivity contribution in [3.05, 3.63) is 69.8 Å². The van der Waals surface area contributed by atoms with Crippen LogP contribution in [0.2, 0.25) is 0 Å². The molecule has 0 spiro atoms. The van der Waals surface area contributed by atoms with Crippen LogP contribution >= 0.6 is 11.8 Å². The Bertz CT molecular complexity index is 1570. The number of ether oxygens (including phenoxy) is 1. The number of amidine groups is 1. The van der Waals surface area contributed by atoms with E-state index in [1.165, 1.54) is 29.8 Å². The van der Waals surface area contributed by atoms with Crippen molar-refractivity contribution >= 4 is 45.8 Å². The predicted molar refractivity (Wildman–Crippen MR) is 140 cm³/mol. The zero-order chi connectivity index (χ0) is 29.5. The van der Waals surface area contributed by atoms with Crippen molar-refractivity contribution < 1.29 is 40.7 Å². The summed E-state index contributed by atoms with van der Waals surface area (Å²) in [6.45, 7) is 0.730. The Labute approximate surface area is 233 Å². The maximum Gasteiger partial charge on any atom is 0.416 e. The van der Waals surface area contributed by atoms with Crippen molar-refractivity contribution in [2.45, 2.75) is 31.7 Å². The molecule has 0 aliphatic carbocycles. The number of halogens is 6. The zero-order valence-electron chi connectivity index (χ0n) is 21.4. The highest BCUT2D eigenvalue weighted by molar-refractivity contribution is 8.18. The molecular formula is C27H22F6N4O3S. The number of fused-ring (bicyclic) bond motifs is 1. The summed E-state index contributed by atoms with van der Waals surface area (Å²) in [5.74, 6) is -0.833. The topological polar surface area (TPSA) is 76.8 Å². The molecule has 5 rings (SSSR count). The second-order valence-electron chi connectivity index (χ2n) is 9.58. The monoisotopic (exact) mass is 596 g/mol. The van der Waals surface area contributed by atoms with Gasteiger partial charge in [-0.2, -0.15) is 36.4 Å². The molecule has 41 heavy (non-hydrogen) atoms. The van der Waals surface area contributed by atoms with Crippen LogP contribution in [0.5, 0.6) is 0 Å². The molecule has 0 bridgehead atoms. The van der Waals surface area contributed by atoms with Crippen LogP contribution in [0.1, 0.15) is 35.1 Å². The second-order valence-corrected chi connectivity index (χ2v) is 10.6. The van der Waals surface area contributed by atoms with Crippen molar-refractivity contribution in [2.75, 3.05) is 20.2 Å². The van der Waals surface area contributed by atoms with Crippen LogP contribution in [0, 0.1) is 5.92 Å². The number of nitrogens with zero attached hydrogens (tertiary/aromatic N) is 4. The Morgan fingerprint density at radius 1 is 1.07 bits per heavy atom. The molecule has 0 saturated carbocycles. The number of amides is 1. The number of aliphatic imine (C=N–C) groups is 1. The minimum atomic E-state index is -4.98. The molecule has 2 aliphatic rings. The van der Waals surface area contributed by atoms with E-state index < -0.39 is 35.9 Å². The van der Waals surface area contributed by atoms with Gasteiger partial charge in [-0.05, 0) is 66.1 Å². The smallest absolute Gasteiger partial charge is 0.416 e. The summed E-state index contributed by atoms with van der Waals surface area (Å²) in [4.78, 5) is 30.8. The van der Waals surface area contributed by atoms with Gasteiger partial charge in [-0.25, -0.2) is 0 Å². The molecule has 0 N–H and O–H groups in total. The largest absolute Gasteiger partial charge is 0.469 e. The molecule has 2 aromatic carbocycles. The number of esters is 1. The van der Waals surface area contributed by atoms with E-state index in [2.05, 4.69) is 10.1 Å². The minimum absolute atomic E-state index is 0.110. The molecule has 7 nitrogen and oxygen atoms in total.